The number of carbonyl (C=O) groups excluding carboxylic acids is 4. The number of oxazole rings is 2. The molecule has 4 heterocycles. The summed E-state index contributed by atoms with van der Waals surface area (Å²) in [7, 11) is 2.56. The summed E-state index contributed by atoms with van der Waals surface area (Å²) < 4.78 is 22.1. The zero-order valence-electron chi connectivity index (χ0n) is 34.3. The van der Waals surface area contributed by atoms with E-state index in [1.54, 1.807) is 9.80 Å². The molecule has 14 heteroatoms. The van der Waals surface area contributed by atoms with Crippen molar-refractivity contribution in [3.05, 3.63) is 72.4 Å². The van der Waals surface area contributed by atoms with Crippen molar-refractivity contribution in [2.45, 2.75) is 78.6 Å². The van der Waals surface area contributed by atoms with Gasteiger partial charge >= 0.3 is 12.2 Å². The van der Waals surface area contributed by atoms with E-state index in [1.807, 2.05) is 64.1 Å². The van der Waals surface area contributed by atoms with Crippen molar-refractivity contribution in [1.29, 1.82) is 0 Å². The molecular formula is C44H52N6O8. The highest BCUT2D eigenvalue weighted by molar-refractivity contribution is 5.88. The number of nitrogens with one attached hydrogen (secondary N) is 2. The summed E-state index contributed by atoms with van der Waals surface area (Å²) in [4.78, 5) is 64.8. The molecule has 6 atom stereocenters. The van der Waals surface area contributed by atoms with Crippen molar-refractivity contribution in [2.75, 3.05) is 27.3 Å². The van der Waals surface area contributed by atoms with Crippen molar-refractivity contribution in [3.8, 4) is 22.3 Å². The van der Waals surface area contributed by atoms with Crippen molar-refractivity contribution in [2.24, 2.45) is 23.7 Å². The molecule has 0 aliphatic carbocycles. The summed E-state index contributed by atoms with van der Waals surface area (Å²) in [5.74, 6) is 0.759. The minimum Gasteiger partial charge on any atom is -0.453 e. The van der Waals surface area contributed by atoms with E-state index in [-0.39, 0.29) is 47.6 Å². The number of methoxy groups -OCH3 is 2. The Hall–Kier alpha value is -5.92. The van der Waals surface area contributed by atoms with Gasteiger partial charge in [-0.3, -0.25) is 9.59 Å². The number of alkyl carbamates (subject to hydrolysis) is 2. The molecule has 7 rings (SSSR count). The normalized spacial score (nSPS) is 20.5. The maximum Gasteiger partial charge on any atom is 0.407 e. The van der Waals surface area contributed by atoms with Crippen molar-refractivity contribution < 1.29 is 37.5 Å². The van der Waals surface area contributed by atoms with Crippen LogP contribution in [0.5, 0.6) is 0 Å². The van der Waals surface area contributed by atoms with Gasteiger partial charge in [-0.1, -0.05) is 77.9 Å². The molecule has 0 saturated carbocycles. The Bertz CT molecular complexity index is 2150. The predicted molar refractivity (Wildman–Crippen MR) is 217 cm³/mol. The molecule has 0 spiro atoms. The van der Waals surface area contributed by atoms with E-state index in [2.05, 4.69) is 48.7 Å². The Labute approximate surface area is 337 Å². The van der Waals surface area contributed by atoms with Gasteiger partial charge in [0, 0.05) is 13.1 Å². The number of likely N-dealkylation sites (tertiary alicyclic amines) is 2. The Kier molecular flexibility index (Phi) is 11.5. The van der Waals surface area contributed by atoms with Crippen LogP contribution in [0.25, 0.3) is 44.5 Å². The first-order valence-corrected chi connectivity index (χ1v) is 20.0. The largest absolute Gasteiger partial charge is 0.453 e. The zero-order chi connectivity index (χ0) is 41.4. The van der Waals surface area contributed by atoms with Gasteiger partial charge in [-0.25, -0.2) is 19.6 Å². The number of hydrogen-bond acceptors (Lipinski definition) is 10. The number of fused-ring (bicyclic) bond motifs is 2. The van der Waals surface area contributed by atoms with Crippen LogP contribution in [0.3, 0.4) is 0 Å². The molecule has 14 nitrogen and oxygen atoms in total. The highest BCUT2D eigenvalue weighted by atomic mass is 16.5. The third-order valence-corrected chi connectivity index (χ3v) is 11.3. The second kappa shape index (κ2) is 16.5. The Morgan fingerprint density at radius 1 is 0.621 bits per heavy atom. The molecule has 0 radical (unpaired) electrons. The number of ether oxygens (including phenoxy) is 2. The standard InChI is InChI=1S/C44H52N6O8/c1-23(2)37(47-43(53)55-7)41(51)49-21-25(5)17-33(49)39-45-31-19-29(13-15-35(31)57-39)27-9-11-28(12-10-27)30-14-16-36-32(20-30)46-40(58-36)34-18-26(6)22-50(34)42(52)38(24(3)4)48-44(54)56-8/h9-16,19-20,23-26,33-34,37-38H,17-18,21-22H2,1-8H3,(H,47,53)(H,48,54)/t25-,26-,33-,34-,37-,38-/m0/s1. The maximum absolute atomic E-state index is 13.7. The predicted octanol–water partition coefficient (Wildman–Crippen LogP) is 7.88. The van der Waals surface area contributed by atoms with E-state index in [9.17, 15) is 19.2 Å². The summed E-state index contributed by atoms with van der Waals surface area (Å²) in [6, 6.07) is 17.9. The van der Waals surface area contributed by atoms with Crippen LogP contribution >= 0.6 is 0 Å². The molecule has 0 bridgehead atoms. The fourth-order valence-electron chi connectivity index (χ4n) is 8.19. The summed E-state index contributed by atoms with van der Waals surface area (Å²) in [6.45, 7) is 12.8. The Balaban J connectivity index is 1.08. The second-order valence-corrected chi connectivity index (χ2v) is 16.5. The molecule has 2 fully saturated rings. The van der Waals surface area contributed by atoms with Crippen LogP contribution < -0.4 is 10.6 Å². The molecule has 58 heavy (non-hydrogen) atoms. The van der Waals surface area contributed by atoms with Gasteiger partial charge in [-0.2, -0.15) is 0 Å². The van der Waals surface area contributed by atoms with E-state index in [1.165, 1.54) is 14.2 Å². The number of aromatic nitrogens is 2. The molecule has 2 aliphatic rings. The van der Waals surface area contributed by atoms with Gasteiger partial charge in [0.1, 0.15) is 35.2 Å². The number of nitrogens with zero attached hydrogens (tertiary/aromatic N) is 4. The van der Waals surface area contributed by atoms with Gasteiger partial charge in [0.05, 0.1) is 14.2 Å². The number of rotatable bonds is 10. The lowest BCUT2D eigenvalue weighted by Gasteiger charge is -2.29. The third-order valence-electron chi connectivity index (χ3n) is 11.3. The fourth-order valence-corrected chi connectivity index (χ4v) is 8.19. The van der Waals surface area contributed by atoms with Crippen molar-refractivity contribution >= 4 is 46.2 Å². The van der Waals surface area contributed by atoms with Crippen LogP contribution in [-0.2, 0) is 19.1 Å². The summed E-state index contributed by atoms with van der Waals surface area (Å²) >= 11 is 0. The molecule has 0 unspecified atom stereocenters. The van der Waals surface area contributed by atoms with Crippen LogP contribution in [-0.4, -0.2) is 83.2 Å². The molecule has 2 aromatic heterocycles. The summed E-state index contributed by atoms with van der Waals surface area (Å²) in [5.41, 5.74) is 6.60. The zero-order valence-corrected chi connectivity index (χ0v) is 34.3. The average molecular weight is 793 g/mol. The fraction of sp³-hybridized carbons (Fsp3) is 0.455. The Morgan fingerprint density at radius 2 is 0.983 bits per heavy atom. The van der Waals surface area contributed by atoms with Crippen molar-refractivity contribution in [1.82, 2.24) is 30.4 Å². The molecule has 2 aliphatic heterocycles. The lowest BCUT2D eigenvalue weighted by molar-refractivity contribution is -0.136. The summed E-state index contributed by atoms with van der Waals surface area (Å²) in [6.07, 6.45) is 0.108. The first-order valence-electron chi connectivity index (χ1n) is 20.0. The molecule has 306 valence electrons. The number of benzene rings is 3. The maximum atomic E-state index is 13.7. The van der Waals surface area contributed by atoms with Crippen LogP contribution in [0.2, 0.25) is 0 Å². The van der Waals surface area contributed by atoms with Crippen LogP contribution in [0.4, 0.5) is 9.59 Å². The summed E-state index contributed by atoms with van der Waals surface area (Å²) in [5, 5.41) is 5.40. The first kappa shape index (κ1) is 40.3. The lowest BCUT2D eigenvalue weighted by atomic mass is 10.00. The smallest absolute Gasteiger partial charge is 0.407 e. The number of hydrogen-bond donors (Lipinski definition) is 2. The highest BCUT2D eigenvalue weighted by Gasteiger charge is 2.42. The van der Waals surface area contributed by atoms with Crippen LogP contribution in [0.1, 0.15) is 78.2 Å². The number of amides is 4. The molecule has 2 N–H and O–H groups in total. The van der Waals surface area contributed by atoms with Crippen molar-refractivity contribution in [3.63, 3.8) is 0 Å². The van der Waals surface area contributed by atoms with E-state index in [0.717, 1.165) is 22.3 Å². The monoisotopic (exact) mass is 792 g/mol. The minimum absolute atomic E-state index is 0.141. The quantitative estimate of drug-likeness (QED) is 0.142. The second-order valence-electron chi connectivity index (χ2n) is 16.5. The Morgan fingerprint density at radius 3 is 1.33 bits per heavy atom. The first-order chi connectivity index (χ1) is 27.7. The van der Waals surface area contributed by atoms with E-state index in [4.69, 9.17) is 28.3 Å². The van der Waals surface area contributed by atoms with Gasteiger partial charge in [0.25, 0.3) is 0 Å². The van der Waals surface area contributed by atoms with Crippen LogP contribution in [0.15, 0.2) is 69.5 Å². The van der Waals surface area contributed by atoms with Gasteiger partial charge < -0.3 is 38.7 Å². The molecular weight excluding hydrogens is 741 g/mol. The van der Waals surface area contributed by atoms with Crippen LogP contribution in [0, 0.1) is 23.7 Å². The van der Waals surface area contributed by atoms with E-state index >= 15 is 0 Å². The van der Waals surface area contributed by atoms with Gasteiger partial charge in [0.15, 0.2) is 11.2 Å². The molecule has 2 saturated heterocycles. The number of carbonyl (C=O) groups is 4. The lowest BCUT2D eigenvalue weighted by Crippen LogP contribution is -2.51. The molecule has 4 amide bonds. The van der Waals surface area contributed by atoms with E-state index in [0.29, 0.717) is 59.9 Å². The van der Waals surface area contributed by atoms with E-state index < -0.39 is 24.3 Å². The third kappa shape index (κ3) is 8.09. The highest BCUT2D eigenvalue weighted by Crippen LogP contribution is 2.39. The topological polar surface area (TPSA) is 169 Å². The minimum atomic E-state index is -0.736. The SMILES string of the molecule is COC(=O)N[C@H](C(=O)N1C[C@@H](C)C[C@H]1c1nc2cc(-c3ccc(-c4ccc5oc([C@@H]6C[C@H](C)CN6C(=O)[C@@H](NC(=O)OC)C(C)C)nc5c4)cc3)ccc2o1)C(C)C. The van der Waals surface area contributed by atoms with Gasteiger partial charge in [-0.15, -0.1) is 0 Å². The molecule has 5 aromatic rings. The van der Waals surface area contributed by atoms with Gasteiger partial charge in [-0.05, 0) is 83.0 Å². The molecule has 3 aromatic carbocycles. The average Bonchev–Trinajstić information content (AvgIpc) is 4.01. The van der Waals surface area contributed by atoms with Gasteiger partial charge in [0.2, 0.25) is 23.6 Å².